The van der Waals surface area contributed by atoms with Gasteiger partial charge in [0, 0.05) is 5.69 Å². The van der Waals surface area contributed by atoms with Gasteiger partial charge in [-0.25, -0.2) is 0 Å². The average molecular weight is 179 g/mol. The zero-order chi connectivity index (χ0) is 9.84. The second kappa shape index (κ2) is 3.94. The SMILES string of the molecule is CC(=O)C(C)Oc1ccc(N)cc1. The molecule has 3 heteroatoms. The van der Waals surface area contributed by atoms with Crippen LogP contribution in [0.4, 0.5) is 5.69 Å². The van der Waals surface area contributed by atoms with Crippen molar-refractivity contribution in [2.24, 2.45) is 0 Å². The van der Waals surface area contributed by atoms with Crippen molar-refractivity contribution in [3.63, 3.8) is 0 Å². The van der Waals surface area contributed by atoms with Gasteiger partial charge in [0.2, 0.25) is 0 Å². The van der Waals surface area contributed by atoms with Crippen LogP contribution in [0, 0.1) is 0 Å². The molecule has 0 aliphatic rings. The number of anilines is 1. The zero-order valence-corrected chi connectivity index (χ0v) is 7.78. The van der Waals surface area contributed by atoms with E-state index in [1.165, 1.54) is 6.92 Å². The predicted octanol–water partition coefficient (Wildman–Crippen LogP) is 1.63. The summed E-state index contributed by atoms with van der Waals surface area (Å²) in [6.07, 6.45) is -0.399. The van der Waals surface area contributed by atoms with Crippen LogP contribution in [0.2, 0.25) is 0 Å². The molecule has 0 saturated heterocycles. The molecular formula is C10H13NO2. The van der Waals surface area contributed by atoms with Gasteiger partial charge in [-0.2, -0.15) is 0 Å². The fourth-order valence-electron chi connectivity index (χ4n) is 0.834. The third-order valence-corrected chi connectivity index (χ3v) is 1.77. The van der Waals surface area contributed by atoms with E-state index in [4.69, 9.17) is 10.5 Å². The summed E-state index contributed by atoms with van der Waals surface area (Å²) < 4.78 is 5.33. The van der Waals surface area contributed by atoms with Crippen LogP contribution in [0.25, 0.3) is 0 Å². The molecular weight excluding hydrogens is 166 g/mol. The van der Waals surface area contributed by atoms with E-state index in [1.54, 1.807) is 31.2 Å². The summed E-state index contributed by atoms with van der Waals surface area (Å²) in [6.45, 7) is 3.22. The molecule has 1 rings (SSSR count). The molecule has 0 saturated carbocycles. The topological polar surface area (TPSA) is 52.3 Å². The summed E-state index contributed by atoms with van der Waals surface area (Å²) in [7, 11) is 0. The van der Waals surface area contributed by atoms with Crippen molar-refractivity contribution in [1.82, 2.24) is 0 Å². The number of nitrogen functional groups attached to an aromatic ring is 1. The number of ketones is 1. The number of ether oxygens (including phenoxy) is 1. The lowest BCUT2D eigenvalue weighted by atomic mass is 10.2. The predicted molar refractivity (Wildman–Crippen MR) is 51.6 cm³/mol. The summed E-state index contributed by atoms with van der Waals surface area (Å²) in [5.74, 6) is 0.675. The third kappa shape index (κ3) is 2.78. The Bertz CT molecular complexity index is 292. The van der Waals surface area contributed by atoms with Crippen LogP contribution in [-0.4, -0.2) is 11.9 Å². The van der Waals surface area contributed by atoms with E-state index in [1.807, 2.05) is 0 Å². The molecule has 70 valence electrons. The first-order valence-electron chi connectivity index (χ1n) is 4.12. The van der Waals surface area contributed by atoms with Crippen LogP contribution in [-0.2, 0) is 4.79 Å². The molecule has 1 unspecified atom stereocenters. The maximum atomic E-state index is 10.9. The summed E-state index contributed by atoms with van der Waals surface area (Å²) in [4.78, 5) is 10.9. The van der Waals surface area contributed by atoms with Crippen LogP contribution in [0.1, 0.15) is 13.8 Å². The summed E-state index contributed by atoms with van der Waals surface area (Å²) >= 11 is 0. The Morgan fingerprint density at radius 1 is 1.38 bits per heavy atom. The Balaban J connectivity index is 2.64. The Morgan fingerprint density at radius 3 is 2.38 bits per heavy atom. The minimum Gasteiger partial charge on any atom is -0.483 e. The van der Waals surface area contributed by atoms with E-state index in [9.17, 15) is 4.79 Å². The minimum absolute atomic E-state index is 0.0109. The number of hydrogen-bond acceptors (Lipinski definition) is 3. The second-order valence-electron chi connectivity index (χ2n) is 2.94. The number of carbonyl (C=O) groups is 1. The van der Waals surface area contributed by atoms with E-state index in [0.717, 1.165) is 0 Å². The molecule has 0 amide bonds. The maximum Gasteiger partial charge on any atom is 0.169 e. The molecule has 1 aromatic rings. The fourth-order valence-corrected chi connectivity index (χ4v) is 0.834. The number of carbonyl (C=O) groups excluding carboxylic acids is 1. The van der Waals surface area contributed by atoms with Crippen LogP contribution in [0.15, 0.2) is 24.3 Å². The van der Waals surface area contributed by atoms with Crippen molar-refractivity contribution in [2.75, 3.05) is 5.73 Å². The first-order chi connectivity index (χ1) is 6.09. The molecule has 0 aromatic heterocycles. The van der Waals surface area contributed by atoms with Crippen molar-refractivity contribution >= 4 is 11.5 Å². The van der Waals surface area contributed by atoms with E-state index in [-0.39, 0.29) is 5.78 Å². The van der Waals surface area contributed by atoms with E-state index >= 15 is 0 Å². The highest BCUT2D eigenvalue weighted by Crippen LogP contribution is 2.14. The van der Waals surface area contributed by atoms with Gasteiger partial charge in [0.25, 0.3) is 0 Å². The second-order valence-corrected chi connectivity index (χ2v) is 2.94. The molecule has 0 heterocycles. The van der Waals surface area contributed by atoms with Crippen molar-refractivity contribution in [3.8, 4) is 5.75 Å². The molecule has 0 radical (unpaired) electrons. The number of nitrogens with two attached hydrogens (primary N) is 1. The number of rotatable bonds is 3. The van der Waals surface area contributed by atoms with Gasteiger partial charge in [-0.3, -0.25) is 4.79 Å². The van der Waals surface area contributed by atoms with Gasteiger partial charge in [0.1, 0.15) is 5.75 Å². The van der Waals surface area contributed by atoms with Gasteiger partial charge in [-0.1, -0.05) is 0 Å². The molecule has 0 spiro atoms. The number of Topliss-reactive ketones (excluding diaryl/α,β-unsaturated/α-hetero) is 1. The lowest BCUT2D eigenvalue weighted by Crippen LogP contribution is -2.20. The highest BCUT2D eigenvalue weighted by Gasteiger charge is 2.08. The summed E-state index contributed by atoms with van der Waals surface area (Å²) in [5.41, 5.74) is 6.18. The number of hydrogen-bond donors (Lipinski definition) is 1. The van der Waals surface area contributed by atoms with E-state index in [2.05, 4.69) is 0 Å². The summed E-state index contributed by atoms with van der Waals surface area (Å²) in [5, 5.41) is 0. The Morgan fingerprint density at radius 2 is 1.92 bits per heavy atom. The van der Waals surface area contributed by atoms with Crippen molar-refractivity contribution in [2.45, 2.75) is 20.0 Å². The highest BCUT2D eigenvalue weighted by molar-refractivity contribution is 5.80. The molecule has 1 atom stereocenters. The standard InChI is InChI=1S/C10H13NO2/c1-7(12)8(2)13-10-5-3-9(11)4-6-10/h3-6,8H,11H2,1-2H3. The van der Waals surface area contributed by atoms with Crippen molar-refractivity contribution < 1.29 is 9.53 Å². The molecule has 0 bridgehead atoms. The van der Waals surface area contributed by atoms with Crippen LogP contribution in [0.5, 0.6) is 5.75 Å². The van der Waals surface area contributed by atoms with Gasteiger partial charge >= 0.3 is 0 Å². The molecule has 0 fully saturated rings. The largest absolute Gasteiger partial charge is 0.483 e. The van der Waals surface area contributed by atoms with Gasteiger partial charge in [0.15, 0.2) is 11.9 Å². The van der Waals surface area contributed by atoms with E-state index in [0.29, 0.717) is 11.4 Å². The first-order valence-corrected chi connectivity index (χ1v) is 4.12. The van der Waals surface area contributed by atoms with Crippen LogP contribution < -0.4 is 10.5 Å². The first kappa shape index (κ1) is 9.58. The monoisotopic (exact) mass is 179 g/mol. The lowest BCUT2D eigenvalue weighted by Gasteiger charge is -2.11. The van der Waals surface area contributed by atoms with E-state index < -0.39 is 6.10 Å². The normalized spacial score (nSPS) is 12.2. The molecule has 0 aliphatic carbocycles. The molecule has 2 N–H and O–H groups in total. The average Bonchev–Trinajstić information content (AvgIpc) is 2.08. The lowest BCUT2D eigenvalue weighted by molar-refractivity contribution is -0.122. The van der Waals surface area contributed by atoms with Crippen LogP contribution >= 0.6 is 0 Å². The zero-order valence-electron chi connectivity index (χ0n) is 7.78. The smallest absolute Gasteiger partial charge is 0.169 e. The van der Waals surface area contributed by atoms with Gasteiger partial charge < -0.3 is 10.5 Å². The molecule has 0 aliphatic heterocycles. The van der Waals surface area contributed by atoms with Gasteiger partial charge in [-0.15, -0.1) is 0 Å². The molecule has 1 aromatic carbocycles. The Labute approximate surface area is 77.5 Å². The minimum atomic E-state index is -0.399. The van der Waals surface area contributed by atoms with Crippen molar-refractivity contribution in [3.05, 3.63) is 24.3 Å². The third-order valence-electron chi connectivity index (χ3n) is 1.77. The molecule has 13 heavy (non-hydrogen) atoms. The number of benzene rings is 1. The van der Waals surface area contributed by atoms with Crippen LogP contribution in [0.3, 0.4) is 0 Å². The molecule has 3 nitrogen and oxygen atoms in total. The maximum absolute atomic E-state index is 10.9. The van der Waals surface area contributed by atoms with Crippen molar-refractivity contribution in [1.29, 1.82) is 0 Å². The van der Waals surface area contributed by atoms with Gasteiger partial charge in [-0.05, 0) is 38.1 Å². The van der Waals surface area contributed by atoms with Gasteiger partial charge in [0.05, 0.1) is 0 Å². The Hall–Kier alpha value is -1.51. The Kier molecular flexibility index (Phi) is 2.90. The highest BCUT2D eigenvalue weighted by atomic mass is 16.5. The quantitative estimate of drug-likeness (QED) is 0.717. The summed E-state index contributed by atoms with van der Waals surface area (Å²) in [6, 6.07) is 6.97. The fraction of sp³-hybridized carbons (Fsp3) is 0.300.